The van der Waals surface area contributed by atoms with Crippen LogP contribution in [-0.4, -0.2) is 217 Å². The minimum Gasteiger partial charge on any atom is -0.668 e. The molecule has 0 amide bonds. The van der Waals surface area contributed by atoms with Crippen LogP contribution < -0.4 is 10.4 Å². The van der Waals surface area contributed by atoms with Crippen molar-refractivity contribution in [2.75, 3.05) is 26.9 Å². The van der Waals surface area contributed by atoms with E-state index in [1.165, 1.54) is 7.05 Å². The Hall–Kier alpha value is 0.838. The summed E-state index contributed by atoms with van der Waals surface area (Å²) in [7, 11) is 1.49. The Balaban J connectivity index is 0.000000481. The first-order valence-electron chi connectivity index (χ1n) is 14.7. The maximum absolute atomic E-state index is 10.9. The minimum atomic E-state index is -2.01. The number of aliphatic hydroxyl groups excluding tert-OH is 12. The first-order valence-corrected chi connectivity index (χ1v) is 14.7. The van der Waals surface area contributed by atoms with Gasteiger partial charge < -0.3 is 116 Å². The SMILES string of the molecule is CN[C@H]1C(O)[C@H](O)C(CO)O[C@H]1O[C@H]1C(O)C([NH-])[C@@H](O)O[C@H]1CO.[NH-]C1C(O)[C@H](O[C@@H]2OC(C(=O)[O-])[C@@H](O)C(O)[C@@H]2O)[C@H](CO)O[C@@H]1O.[Y].[Y]. The number of carboxylic acids is 1. The molecule has 4 heterocycles. The quantitative estimate of drug-likeness (QED) is 0.102. The molecule has 288 valence electrons. The van der Waals surface area contributed by atoms with Gasteiger partial charge in [0.05, 0.1) is 44.0 Å². The summed E-state index contributed by atoms with van der Waals surface area (Å²) in [4.78, 5) is 10.9. The molecule has 50 heavy (non-hydrogen) atoms. The molecule has 25 heteroatoms. The molecular weight excluding hydrogens is 840 g/mol. The van der Waals surface area contributed by atoms with Crippen molar-refractivity contribution in [2.45, 2.75) is 123 Å². The second kappa shape index (κ2) is 21.8. The fraction of sp³-hybridized carbons (Fsp3) is 0.960. The van der Waals surface area contributed by atoms with Crippen LogP contribution in [0.3, 0.4) is 0 Å². The molecule has 20 atom stereocenters. The van der Waals surface area contributed by atoms with Crippen LogP contribution in [0.15, 0.2) is 0 Å². The van der Waals surface area contributed by atoms with Gasteiger partial charge in [-0.3, -0.25) is 0 Å². The zero-order valence-corrected chi connectivity index (χ0v) is 32.1. The summed E-state index contributed by atoms with van der Waals surface area (Å²) in [6, 6.07) is -3.88. The number of hydrogen-bond acceptors (Lipinski definition) is 21. The van der Waals surface area contributed by atoms with E-state index in [9.17, 15) is 71.2 Å². The van der Waals surface area contributed by atoms with E-state index in [-0.39, 0.29) is 65.4 Å². The van der Waals surface area contributed by atoms with Crippen molar-refractivity contribution in [3.05, 3.63) is 11.5 Å². The molecule has 0 aromatic heterocycles. The van der Waals surface area contributed by atoms with E-state index >= 15 is 0 Å². The van der Waals surface area contributed by atoms with Gasteiger partial charge in [0.2, 0.25) is 0 Å². The van der Waals surface area contributed by atoms with Gasteiger partial charge in [-0.05, 0) is 7.05 Å². The van der Waals surface area contributed by atoms with Crippen LogP contribution >= 0.6 is 0 Å². The third-order valence-corrected chi connectivity index (χ3v) is 8.34. The molecule has 4 fully saturated rings. The first-order chi connectivity index (χ1) is 22.5. The molecule has 0 aromatic rings. The second-order valence-electron chi connectivity index (χ2n) is 11.5. The third-order valence-electron chi connectivity index (χ3n) is 8.34. The maximum atomic E-state index is 10.9. The van der Waals surface area contributed by atoms with Crippen molar-refractivity contribution in [3.8, 4) is 0 Å². The van der Waals surface area contributed by atoms with Crippen molar-refractivity contribution in [1.29, 1.82) is 0 Å². The zero-order valence-electron chi connectivity index (χ0n) is 26.5. The summed E-state index contributed by atoms with van der Waals surface area (Å²) in [5.41, 5.74) is 15.2. The maximum Gasteiger partial charge on any atom is 0.187 e. The van der Waals surface area contributed by atoms with Gasteiger partial charge >= 0.3 is 0 Å². The van der Waals surface area contributed by atoms with Gasteiger partial charge in [0.1, 0.15) is 79.7 Å². The number of rotatable bonds is 9. The summed E-state index contributed by atoms with van der Waals surface area (Å²) >= 11 is 0. The van der Waals surface area contributed by atoms with Crippen LogP contribution in [0.25, 0.3) is 11.5 Å². The fourth-order valence-electron chi connectivity index (χ4n) is 5.47. The zero-order chi connectivity index (χ0) is 36.2. The number of carboxylic acid groups (broad SMARTS) is 1. The molecule has 0 spiro atoms. The molecule has 23 nitrogen and oxygen atoms in total. The first kappa shape index (κ1) is 48.9. The van der Waals surface area contributed by atoms with Crippen LogP contribution in [0, 0.1) is 0 Å². The Morgan fingerprint density at radius 2 is 1.06 bits per heavy atom. The average molecular weight is 884 g/mol. The summed E-state index contributed by atoms with van der Waals surface area (Å²) < 4.78 is 30.9. The number of aliphatic hydroxyl groups is 12. The number of carbonyl (C=O) groups is 1. The number of ether oxygens (including phenoxy) is 6. The van der Waals surface area contributed by atoms with Gasteiger partial charge in [0.25, 0.3) is 0 Å². The Kier molecular flexibility index (Phi) is 21.3. The Bertz CT molecular complexity index is 1010. The summed E-state index contributed by atoms with van der Waals surface area (Å²) in [5.74, 6) is -1.87. The molecule has 15 N–H and O–H groups in total. The summed E-state index contributed by atoms with van der Waals surface area (Å²) in [5, 5.41) is 130. The largest absolute Gasteiger partial charge is 0.668 e. The molecule has 0 aliphatic carbocycles. The van der Waals surface area contributed by atoms with Crippen molar-refractivity contribution >= 4 is 5.97 Å². The average Bonchev–Trinajstić information content (AvgIpc) is 3.06. The summed E-state index contributed by atoms with van der Waals surface area (Å²) in [6.07, 6.45) is -26.2. The Labute approximate surface area is 335 Å². The van der Waals surface area contributed by atoms with Crippen LogP contribution in [0.2, 0.25) is 0 Å². The second-order valence-corrected chi connectivity index (χ2v) is 11.5. The van der Waals surface area contributed by atoms with E-state index in [0.717, 1.165) is 0 Å². The molecule has 4 aliphatic heterocycles. The molecule has 4 saturated heterocycles. The summed E-state index contributed by atoms with van der Waals surface area (Å²) in [6.45, 7) is -1.89. The van der Waals surface area contributed by atoms with Gasteiger partial charge in [-0.2, -0.15) is 0 Å². The van der Waals surface area contributed by atoms with Gasteiger partial charge in [-0.25, -0.2) is 0 Å². The van der Waals surface area contributed by atoms with Crippen LogP contribution in [0.4, 0.5) is 0 Å². The normalized spacial score (nSPS) is 47.9. The van der Waals surface area contributed by atoms with Crippen molar-refractivity contribution in [2.24, 2.45) is 0 Å². The fourth-order valence-corrected chi connectivity index (χ4v) is 5.47. The molecule has 2 radical (unpaired) electrons. The molecule has 0 aromatic carbocycles. The van der Waals surface area contributed by atoms with Crippen LogP contribution in [0.1, 0.15) is 0 Å². The van der Waals surface area contributed by atoms with E-state index in [1.54, 1.807) is 0 Å². The Morgan fingerprint density at radius 3 is 1.46 bits per heavy atom. The van der Waals surface area contributed by atoms with Gasteiger partial charge in [-0.15, -0.1) is 0 Å². The number of nitrogens with one attached hydrogen (secondary N) is 3. The van der Waals surface area contributed by atoms with E-state index in [0.29, 0.717) is 0 Å². The molecule has 8 unspecified atom stereocenters. The third kappa shape index (κ3) is 11.0. The van der Waals surface area contributed by atoms with Crippen molar-refractivity contribution in [3.63, 3.8) is 0 Å². The van der Waals surface area contributed by atoms with Gasteiger partial charge in [0.15, 0.2) is 12.6 Å². The number of hydrogen-bond donors (Lipinski definition) is 13. The molecule has 4 rings (SSSR count). The van der Waals surface area contributed by atoms with E-state index in [2.05, 4.69) is 5.32 Å². The predicted molar refractivity (Wildman–Crippen MR) is 146 cm³/mol. The molecule has 0 bridgehead atoms. The molecule has 0 saturated carbocycles. The van der Waals surface area contributed by atoms with E-state index < -0.39 is 148 Å². The van der Waals surface area contributed by atoms with E-state index in [1.807, 2.05) is 0 Å². The van der Waals surface area contributed by atoms with Crippen LogP contribution in [0.5, 0.6) is 0 Å². The number of likely N-dealkylation sites (N-methyl/N-ethyl adjacent to an activating group) is 1. The standard InChI is InChI=1S/C13H25N2O9.C12H20NO11.2Y/c1-15-7-10(20)8(18)4(2-16)23-13(7)24-11-5(3-17)22-12(21)6(14)9(11)19;13-3-4(15)8(2(1-14)22-11(3)21)23-12-7(18)5(16)6(17)9(24-12)10(19)20;;/h4-21H,2-3H2,1H3;2-9,11-18,21H,1H2,(H,19,20);;/q2*-1;;/p-1/t4?,5-,6?,7-,8+,9?,10?,11+,12-,13-;2-,3?,4?,5?,6-,7-,8+,9?,11-,12+;;/m00../s1. The molecule has 4 aliphatic rings. The number of aliphatic carboxylic acids is 1. The topological polar surface area (TPSA) is 398 Å². The van der Waals surface area contributed by atoms with Gasteiger partial charge in [-0.1, -0.05) is 12.1 Å². The predicted octanol–water partition coefficient (Wildman–Crippen LogP) is -9.69. The van der Waals surface area contributed by atoms with Crippen molar-refractivity contribution in [1.82, 2.24) is 5.32 Å². The number of carbonyl (C=O) groups excluding carboxylic acids is 1. The smallest absolute Gasteiger partial charge is 0.187 e. The monoisotopic (exact) mass is 884 g/mol. The minimum absolute atomic E-state index is 0. The van der Waals surface area contributed by atoms with Crippen LogP contribution in [-0.2, 0) is 98.6 Å². The van der Waals surface area contributed by atoms with Gasteiger partial charge in [0, 0.05) is 65.4 Å². The van der Waals surface area contributed by atoms with Crippen molar-refractivity contribution < 1.29 is 165 Å². The molecular formula is C25H44N3O20Y2-3. The van der Waals surface area contributed by atoms with E-state index in [4.69, 9.17) is 39.9 Å². The Morgan fingerprint density at radius 1 is 0.620 bits per heavy atom.